The van der Waals surface area contributed by atoms with Crippen LogP contribution in [0.5, 0.6) is 11.5 Å². The number of benzene rings is 1. The van der Waals surface area contributed by atoms with Crippen LogP contribution in [0.15, 0.2) is 23.3 Å². The van der Waals surface area contributed by atoms with E-state index in [1.54, 1.807) is 26.8 Å². The average molecular weight is 504 g/mol. The molecular formula is C26H37N3O7. The van der Waals surface area contributed by atoms with E-state index < -0.39 is 34.6 Å². The molecule has 36 heavy (non-hydrogen) atoms. The van der Waals surface area contributed by atoms with E-state index >= 15 is 0 Å². The quantitative estimate of drug-likeness (QED) is 0.569. The van der Waals surface area contributed by atoms with Crippen LogP contribution in [0.25, 0.3) is 10.9 Å². The number of nitrogens with zero attached hydrogens (tertiary/aromatic N) is 2. The number of nitrogens with one attached hydrogen (secondary N) is 1. The molecule has 0 bridgehead atoms. The van der Waals surface area contributed by atoms with E-state index in [0.29, 0.717) is 11.3 Å². The van der Waals surface area contributed by atoms with Gasteiger partial charge in [0.05, 0.1) is 23.4 Å². The van der Waals surface area contributed by atoms with Crippen LogP contribution in [-0.2, 0) is 25.8 Å². The van der Waals surface area contributed by atoms with Crippen molar-refractivity contribution in [2.75, 3.05) is 20.2 Å². The van der Waals surface area contributed by atoms with Gasteiger partial charge in [0.1, 0.15) is 11.9 Å². The summed E-state index contributed by atoms with van der Waals surface area (Å²) in [5, 5.41) is 3.56. The van der Waals surface area contributed by atoms with Gasteiger partial charge >= 0.3 is 11.9 Å². The number of carbonyl (C=O) groups is 2. The molecule has 1 aliphatic rings. The predicted octanol–water partition coefficient (Wildman–Crippen LogP) is 3.04. The van der Waals surface area contributed by atoms with Crippen molar-refractivity contribution >= 4 is 22.8 Å². The van der Waals surface area contributed by atoms with Crippen molar-refractivity contribution in [3.63, 3.8) is 0 Å². The number of aromatic nitrogens is 2. The van der Waals surface area contributed by atoms with Crippen LogP contribution < -0.4 is 20.3 Å². The third-order valence-electron chi connectivity index (χ3n) is 5.76. The Hall–Kier alpha value is -3.14. The van der Waals surface area contributed by atoms with Gasteiger partial charge in [0.15, 0.2) is 24.3 Å². The zero-order valence-electron chi connectivity index (χ0n) is 22.2. The molecule has 10 nitrogen and oxygen atoms in total. The number of esters is 2. The molecule has 0 saturated carbocycles. The van der Waals surface area contributed by atoms with Gasteiger partial charge in [-0.05, 0) is 73.5 Å². The molecule has 1 fully saturated rings. The summed E-state index contributed by atoms with van der Waals surface area (Å²) in [5.74, 6) is -0.334. The second-order valence-corrected chi connectivity index (χ2v) is 11.0. The third-order valence-corrected chi connectivity index (χ3v) is 5.76. The molecular weight excluding hydrogens is 466 g/mol. The van der Waals surface area contributed by atoms with Gasteiger partial charge in [-0.3, -0.25) is 14.2 Å². The first kappa shape index (κ1) is 27.4. The van der Waals surface area contributed by atoms with Crippen molar-refractivity contribution < 1.29 is 28.5 Å². The van der Waals surface area contributed by atoms with Crippen molar-refractivity contribution in [3.05, 3.63) is 28.8 Å². The minimum atomic E-state index is -0.838. The van der Waals surface area contributed by atoms with Crippen LogP contribution in [0.2, 0.25) is 0 Å². The van der Waals surface area contributed by atoms with Crippen LogP contribution in [0.1, 0.15) is 54.4 Å². The number of ether oxygens (including phenoxy) is 4. The monoisotopic (exact) mass is 503 g/mol. The highest BCUT2D eigenvalue weighted by Gasteiger charge is 2.36. The van der Waals surface area contributed by atoms with Crippen LogP contribution >= 0.6 is 0 Å². The summed E-state index contributed by atoms with van der Waals surface area (Å²) < 4.78 is 23.9. The summed E-state index contributed by atoms with van der Waals surface area (Å²) in [4.78, 5) is 42.6. The summed E-state index contributed by atoms with van der Waals surface area (Å²) in [7, 11) is 1.46. The van der Waals surface area contributed by atoms with Gasteiger partial charge < -0.3 is 24.3 Å². The van der Waals surface area contributed by atoms with E-state index in [2.05, 4.69) is 10.3 Å². The maximum atomic E-state index is 13.1. The first-order chi connectivity index (χ1) is 16.8. The molecule has 198 valence electrons. The minimum absolute atomic E-state index is 0.0417. The highest BCUT2D eigenvalue weighted by atomic mass is 16.6. The molecule has 1 saturated heterocycles. The molecule has 1 N–H and O–H groups in total. The van der Waals surface area contributed by atoms with Crippen LogP contribution in [0.4, 0.5) is 0 Å². The Morgan fingerprint density at radius 2 is 1.78 bits per heavy atom. The Bertz CT molecular complexity index is 1160. The molecule has 1 unspecified atom stereocenters. The number of hydrogen-bond donors (Lipinski definition) is 1. The molecule has 1 aliphatic heterocycles. The van der Waals surface area contributed by atoms with Crippen molar-refractivity contribution in [1.82, 2.24) is 14.9 Å². The molecule has 1 aromatic heterocycles. The Morgan fingerprint density at radius 1 is 1.11 bits per heavy atom. The summed E-state index contributed by atoms with van der Waals surface area (Å²) >= 11 is 0. The van der Waals surface area contributed by atoms with Crippen LogP contribution in [0.3, 0.4) is 0 Å². The van der Waals surface area contributed by atoms with Gasteiger partial charge in [-0.2, -0.15) is 0 Å². The molecule has 0 aliphatic carbocycles. The lowest BCUT2D eigenvalue weighted by atomic mass is 9.92. The maximum absolute atomic E-state index is 13.1. The standard InChI is InChI=1S/C26H37N3O7/c1-25(2,3)24(32)34-15-29-14-28-18-13-20(19(33-7)12-17(18)22(29)30)35-21(16-8-10-27-11-9-16)23(31)36-26(4,5)6/h12-14,16,21,27H,8-11,15H2,1-7H3. The predicted molar refractivity (Wildman–Crippen MR) is 134 cm³/mol. The van der Waals surface area contributed by atoms with E-state index in [0.717, 1.165) is 25.9 Å². The fourth-order valence-electron chi connectivity index (χ4n) is 3.84. The van der Waals surface area contributed by atoms with Crippen molar-refractivity contribution in [2.45, 2.75) is 72.8 Å². The molecule has 2 heterocycles. The highest BCUT2D eigenvalue weighted by molar-refractivity contribution is 5.82. The summed E-state index contributed by atoms with van der Waals surface area (Å²) in [5.41, 5.74) is -1.39. The van der Waals surface area contributed by atoms with Gasteiger partial charge in [-0.15, -0.1) is 0 Å². The van der Waals surface area contributed by atoms with E-state index in [9.17, 15) is 14.4 Å². The fourth-order valence-corrected chi connectivity index (χ4v) is 3.84. The lowest BCUT2D eigenvalue weighted by Crippen LogP contribution is -2.44. The van der Waals surface area contributed by atoms with Gasteiger partial charge in [0, 0.05) is 12.0 Å². The van der Waals surface area contributed by atoms with Crippen molar-refractivity contribution in [2.24, 2.45) is 11.3 Å². The van der Waals surface area contributed by atoms with Gasteiger partial charge in [0.2, 0.25) is 0 Å². The molecule has 0 spiro atoms. The SMILES string of the molecule is COc1cc2c(=O)n(COC(=O)C(C)(C)C)cnc2cc1OC(C(=O)OC(C)(C)C)C1CCNCC1. The Kier molecular flexibility index (Phi) is 8.28. The Balaban J connectivity index is 1.93. The summed E-state index contributed by atoms with van der Waals surface area (Å²) in [6, 6.07) is 3.11. The largest absolute Gasteiger partial charge is 0.493 e. The van der Waals surface area contributed by atoms with E-state index in [4.69, 9.17) is 18.9 Å². The third kappa shape index (κ3) is 6.75. The topological polar surface area (TPSA) is 118 Å². The van der Waals surface area contributed by atoms with E-state index in [1.807, 2.05) is 20.8 Å². The van der Waals surface area contributed by atoms with Crippen LogP contribution in [0, 0.1) is 11.3 Å². The first-order valence-electron chi connectivity index (χ1n) is 12.1. The molecule has 2 aromatic rings. The lowest BCUT2D eigenvalue weighted by Gasteiger charge is -2.32. The Labute approximate surface area is 211 Å². The molecule has 1 atom stereocenters. The zero-order valence-corrected chi connectivity index (χ0v) is 22.2. The Morgan fingerprint density at radius 3 is 2.36 bits per heavy atom. The minimum Gasteiger partial charge on any atom is -0.493 e. The van der Waals surface area contributed by atoms with Crippen LogP contribution in [-0.4, -0.2) is 53.4 Å². The van der Waals surface area contributed by atoms with Gasteiger partial charge in [-0.1, -0.05) is 0 Å². The summed E-state index contributed by atoms with van der Waals surface area (Å²) in [6.45, 7) is 12.0. The van der Waals surface area contributed by atoms with E-state index in [-0.39, 0.29) is 23.8 Å². The number of methoxy groups -OCH3 is 1. The van der Waals surface area contributed by atoms with Gasteiger partial charge in [0.25, 0.3) is 5.56 Å². The lowest BCUT2D eigenvalue weighted by molar-refractivity contribution is -0.166. The smallest absolute Gasteiger partial charge is 0.348 e. The summed E-state index contributed by atoms with van der Waals surface area (Å²) in [6.07, 6.45) is 2.00. The fraction of sp³-hybridized carbons (Fsp3) is 0.615. The number of hydrogen-bond acceptors (Lipinski definition) is 9. The zero-order chi connectivity index (χ0) is 26.7. The van der Waals surface area contributed by atoms with Crippen molar-refractivity contribution in [1.29, 1.82) is 0 Å². The normalized spacial score (nSPS) is 15.9. The number of fused-ring (bicyclic) bond motifs is 1. The molecule has 0 radical (unpaired) electrons. The molecule has 0 amide bonds. The van der Waals surface area contributed by atoms with Gasteiger partial charge in [-0.25, -0.2) is 9.78 Å². The second-order valence-electron chi connectivity index (χ2n) is 11.0. The average Bonchev–Trinajstić information content (AvgIpc) is 2.80. The van der Waals surface area contributed by atoms with E-state index in [1.165, 1.54) is 24.1 Å². The number of piperidine rings is 1. The molecule has 10 heteroatoms. The maximum Gasteiger partial charge on any atom is 0.348 e. The molecule has 3 rings (SSSR count). The second kappa shape index (κ2) is 10.9. The van der Waals surface area contributed by atoms with Crippen molar-refractivity contribution in [3.8, 4) is 11.5 Å². The highest BCUT2D eigenvalue weighted by Crippen LogP contribution is 2.34. The molecule has 1 aromatic carbocycles. The number of rotatable bonds is 7. The first-order valence-corrected chi connectivity index (χ1v) is 12.1. The number of carbonyl (C=O) groups excluding carboxylic acids is 2.